The number of phenols is 1. The monoisotopic (exact) mass is 372 g/mol. The SMILES string of the molecule is O=C1C(=Cc2cccc([N+](=O)[O-])c2O)SC(=S)N1Cc1ccccc1. The molecule has 0 aliphatic carbocycles. The van der Waals surface area contributed by atoms with E-state index in [-0.39, 0.29) is 11.5 Å². The summed E-state index contributed by atoms with van der Waals surface area (Å²) in [6, 6.07) is 13.6. The fourth-order valence-electron chi connectivity index (χ4n) is 2.36. The molecular formula is C17H12N2O4S2. The van der Waals surface area contributed by atoms with Crippen LogP contribution in [0.15, 0.2) is 53.4 Å². The van der Waals surface area contributed by atoms with Gasteiger partial charge in [-0.1, -0.05) is 66.4 Å². The quantitative estimate of drug-likeness (QED) is 0.381. The number of hydrogen-bond donors (Lipinski definition) is 1. The van der Waals surface area contributed by atoms with Crippen molar-refractivity contribution in [1.82, 2.24) is 4.90 Å². The van der Waals surface area contributed by atoms with E-state index < -0.39 is 16.4 Å². The van der Waals surface area contributed by atoms with Crippen molar-refractivity contribution in [2.24, 2.45) is 0 Å². The first-order valence-corrected chi connectivity index (χ1v) is 8.45. The van der Waals surface area contributed by atoms with Crippen LogP contribution in [0.4, 0.5) is 5.69 Å². The summed E-state index contributed by atoms with van der Waals surface area (Å²) in [7, 11) is 0. The number of rotatable bonds is 4. The lowest BCUT2D eigenvalue weighted by atomic mass is 10.1. The van der Waals surface area contributed by atoms with Crippen LogP contribution in [0.3, 0.4) is 0 Å². The zero-order valence-electron chi connectivity index (χ0n) is 12.8. The molecule has 1 aliphatic heterocycles. The number of amides is 1. The minimum atomic E-state index is -0.673. The molecule has 1 aliphatic rings. The molecule has 0 bridgehead atoms. The van der Waals surface area contributed by atoms with Crippen molar-refractivity contribution in [1.29, 1.82) is 0 Å². The summed E-state index contributed by atoms with van der Waals surface area (Å²) < 4.78 is 0.407. The first-order valence-electron chi connectivity index (χ1n) is 7.23. The van der Waals surface area contributed by atoms with Gasteiger partial charge in [0.1, 0.15) is 4.32 Å². The number of carbonyl (C=O) groups excluding carboxylic acids is 1. The van der Waals surface area contributed by atoms with Crippen LogP contribution in [0, 0.1) is 10.1 Å². The minimum absolute atomic E-state index is 0.203. The Morgan fingerprint density at radius 2 is 1.92 bits per heavy atom. The molecule has 3 rings (SSSR count). The van der Waals surface area contributed by atoms with Gasteiger partial charge in [0.15, 0.2) is 0 Å². The summed E-state index contributed by atoms with van der Waals surface area (Å²) in [6.07, 6.45) is 1.42. The Kier molecular flexibility index (Phi) is 4.82. The Labute approximate surface area is 152 Å². The summed E-state index contributed by atoms with van der Waals surface area (Å²) in [4.78, 5) is 24.6. The largest absolute Gasteiger partial charge is 0.502 e. The lowest BCUT2D eigenvalue weighted by Crippen LogP contribution is -2.27. The number of thioether (sulfide) groups is 1. The van der Waals surface area contributed by atoms with Crippen molar-refractivity contribution in [3.05, 3.63) is 74.7 Å². The maximum absolute atomic E-state index is 12.6. The Balaban J connectivity index is 1.88. The highest BCUT2D eigenvalue weighted by Gasteiger charge is 2.32. The molecule has 8 heteroatoms. The van der Waals surface area contributed by atoms with E-state index in [0.717, 1.165) is 17.3 Å². The zero-order chi connectivity index (χ0) is 18.0. The molecule has 2 aromatic rings. The second-order valence-electron chi connectivity index (χ2n) is 5.23. The summed E-state index contributed by atoms with van der Waals surface area (Å²) in [5.41, 5.74) is 0.737. The average Bonchev–Trinajstić information content (AvgIpc) is 2.85. The number of para-hydroxylation sites is 1. The van der Waals surface area contributed by atoms with Gasteiger partial charge in [-0.05, 0) is 11.6 Å². The van der Waals surface area contributed by atoms with Crippen LogP contribution >= 0.6 is 24.0 Å². The lowest BCUT2D eigenvalue weighted by Gasteiger charge is -2.14. The molecule has 1 heterocycles. The van der Waals surface area contributed by atoms with Gasteiger partial charge in [0, 0.05) is 11.6 Å². The number of nitrogens with zero attached hydrogens (tertiary/aromatic N) is 2. The topological polar surface area (TPSA) is 83.7 Å². The molecule has 6 nitrogen and oxygen atoms in total. The molecule has 126 valence electrons. The van der Waals surface area contributed by atoms with Gasteiger partial charge in [0.05, 0.1) is 16.4 Å². The van der Waals surface area contributed by atoms with Crippen LogP contribution in [0.1, 0.15) is 11.1 Å². The highest BCUT2D eigenvalue weighted by atomic mass is 32.2. The Bertz CT molecular complexity index is 897. The van der Waals surface area contributed by atoms with Gasteiger partial charge in [-0.2, -0.15) is 0 Å². The van der Waals surface area contributed by atoms with Gasteiger partial charge in [-0.15, -0.1) is 0 Å². The first kappa shape index (κ1) is 17.1. The summed E-state index contributed by atoms with van der Waals surface area (Å²) >= 11 is 6.37. The predicted molar refractivity (Wildman–Crippen MR) is 99.9 cm³/mol. The molecule has 1 N–H and O–H groups in total. The third kappa shape index (κ3) is 3.54. The third-order valence-corrected chi connectivity index (χ3v) is 4.96. The number of nitro groups is 1. The van der Waals surface area contributed by atoms with Crippen molar-refractivity contribution in [3.63, 3.8) is 0 Å². The Morgan fingerprint density at radius 3 is 2.60 bits per heavy atom. The van der Waals surface area contributed by atoms with Crippen LogP contribution in [0.25, 0.3) is 6.08 Å². The standard InChI is InChI=1S/C17H12N2O4S2/c20-15-12(7-4-8-13(15)19(22)23)9-14-16(21)18(17(24)25-14)10-11-5-2-1-3-6-11/h1-9,20H,10H2. The van der Waals surface area contributed by atoms with Gasteiger partial charge >= 0.3 is 5.69 Å². The van der Waals surface area contributed by atoms with Crippen LogP contribution in [0.5, 0.6) is 5.75 Å². The van der Waals surface area contributed by atoms with Gasteiger partial charge < -0.3 is 5.11 Å². The third-order valence-electron chi connectivity index (χ3n) is 3.59. The van der Waals surface area contributed by atoms with Crippen molar-refractivity contribution in [2.45, 2.75) is 6.54 Å². The van der Waals surface area contributed by atoms with Crippen LogP contribution in [-0.4, -0.2) is 25.2 Å². The molecule has 0 saturated carbocycles. The fourth-order valence-corrected chi connectivity index (χ4v) is 3.60. The molecule has 1 fully saturated rings. The van der Waals surface area contributed by atoms with Crippen LogP contribution in [-0.2, 0) is 11.3 Å². The molecule has 1 amide bonds. The molecule has 0 unspecified atom stereocenters. The molecule has 0 aromatic heterocycles. The van der Waals surface area contributed by atoms with Gasteiger partial charge in [-0.25, -0.2) is 0 Å². The summed E-state index contributed by atoms with van der Waals surface area (Å²) in [6.45, 7) is 0.351. The highest BCUT2D eigenvalue weighted by Crippen LogP contribution is 2.37. The van der Waals surface area contributed by atoms with Crippen LogP contribution < -0.4 is 0 Å². The molecule has 1 saturated heterocycles. The van der Waals surface area contributed by atoms with Gasteiger partial charge in [0.25, 0.3) is 5.91 Å². The zero-order valence-corrected chi connectivity index (χ0v) is 14.4. The van der Waals surface area contributed by atoms with E-state index in [2.05, 4.69) is 0 Å². The summed E-state index contributed by atoms with van der Waals surface area (Å²) in [5.74, 6) is -0.759. The van der Waals surface area contributed by atoms with E-state index in [0.29, 0.717) is 15.8 Å². The fraction of sp³-hybridized carbons (Fsp3) is 0.0588. The number of benzene rings is 2. The normalized spacial score (nSPS) is 15.8. The van der Waals surface area contributed by atoms with E-state index >= 15 is 0 Å². The maximum atomic E-state index is 12.6. The highest BCUT2D eigenvalue weighted by molar-refractivity contribution is 8.26. The van der Waals surface area contributed by atoms with Crippen LogP contribution in [0.2, 0.25) is 0 Å². The Hall–Kier alpha value is -2.71. The van der Waals surface area contributed by atoms with Crippen molar-refractivity contribution in [3.8, 4) is 5.75 Å². The second kappa shape index (κ2) is 7.04. The predicted octanol–water partition coefficient (Wildman–Crippen LogP) is 3.70. The van der Waals surface area contributed by atoms with E-state index in [1.54, 1.807) is 0 Å². The molecular weight excluding hydrogens is 360 g/mol. The number of hydrogen-bond acceptors (Lipinski definition) is 6. The smallest absolute Gasteiger partial charge is 0.311 e. The second-order valence-corrected chi connectivity index (χ2v) is 6.90. The first-order chi connectivity index (χ1) is 12.0. The number of carbonyl (C=O) groups is 1. The Morgan fingerprint density at radius 1 is 1.20 bits per heavy atom. The van der Waals surface area contributed by atoms with Crippen molar-refractivity contribution in [2.75, 3.05) is 0 Å². The van der Waals surface area contributed by atoms with E-state index in [4.69, 9.17) is 12.2 Å². The molecule has 0 spiro atoms. The number of thiocarbonyl (C=S) groups is 1. The van der Waals surface area contributed by atoms with E-state index in [1.807, 2.05) is 30.3 Å². The number of phenolic OH excluding ortho intramolecular Hbond substituents is 1. The van der Waals surface area contributed by atoms with Crippen molar-refractivity contribution < 1.29 is 14.8 Å². The van der Waals surface area contributed by atoms with Crippen molar-refractivity contribution >= 4 is 46.0 Å². The maximum Gasteiger partial charge on any atom is 0.311 e. The molecule has 25 heavy (non-hydrogen) atoms. The van der Waals surface area contributed by atoms with Gasteiger partial charge in [-0.3, -0.25) is 19.8 Å². The number of nitro benzene ring substituents is 1. The number of aromatic hydroxyl groups is 1. The molecule has 0 atom stereocenters. The lowest BCUT2D eigenvalue weighted by molar-refractivity contribution is -0.385. The van der Waals surface area contributed by atoms with Gasteiger partial charge in [0.2, 0.25) is 5.75 Å². The summed E-state index contributed by atoms with van der Waals surface area (Å²) in [5, 5.41) is 20.9. The molecule has 0 radical (unpaired) electrons. The van der Waals surface area contributed by atoms with E-state index in [1.165, 1.54) is 29.2 Å². The average molecular weight is 372 g/mol. The molecule has 2 aromatic carbocycles. The van der Waals surface area contributed by atoms with E-state index in [9.17, 15) is 20.0 Å². The minimum Gasteiger partial charge on any atom is -0.502 e.